The molecule has 0 aromatic heterocycles. The van der Waals surface area contributed by atoms with Gasteiger partial charge in [-0.2, -0.15) is 0 Å². The number of carbonyl (C=O) groups is 4. The summed E-state index contributed by atoms with van der Waals surface area (Å²) in [4.78, 5) is 46.7. The molecule has 0 aliphatic heterocycles. The zero-order valence-corrected chi connectivity index (χ0v) is 19.5. The van der Waals surface area contributed by atoms with Crippen molar-refractivity contribution in [2.45, 2.75) is 73.1 Å². The molecule has 0 saturated heterocycles. The SMILES string of the molecule is CCC(=O)OCC(CCCCC(C)COC(=O)CN(CC=O)CC(C)=O)C(C)CC. The molecule has 0 aliphatic rings. The molecule has 0 saturated carbocycles. The van der Waals surface area contributed by atoms with Crippen molar-refractivity contribution in [3.8, 4) is 0 Å². The standard InChI is InChI=1S/C23H41NO6/c1-6-19(4)21(17-30-22(27)7-2)11-9-8-10-18(3)16-29-23(28)15-24(12-13-25)14-20(5)26/h13,18-19,21H,6-12,14-17H2,1-5H3. The number of rotatable bonds is 18. The van der Waals surface area contributed by atoms with Gasteiger partial charge in [0.2, 0.25) is 0 Å². The van der Waals surface area contributed by atoms with Crippen molar-refractivity contribution in [2.24, 2.45) is 17.8 Å². The zero-order chi connectivity index (χ0) is 22.9. The molecule has 0 rings (SSSR count). The second-order valence-corrected chi connectivity index (χ2v) is 8.29. The Labute approximate surface area is 181 Å². The first-order valence-corrected chi connectivity index (χ1v) is 11.2. The minimum absolute atomic E-state index is 0.0369. The van der Waals surface area contributed by atoms with Gasteiger partial charge in [-0.3, -0.25) is 19.3 Å². The van der Waals surface area contributed by atoms with Crippen LogP contribution in [0.25, 0.3) is 0 Å². The van der Waals surface area contributed by atoms with E-state index in [1.165, 1.54) is 11.8 Å². The van der Waals surface area contributed by atoms with Crippen LogP contribution in [0.2, 0.25) is 0 Å². The Morgan fingerprint density at radius 3 is 2.13 bits per heavy atom. The lowest BCUT2D eigenvalue weighted by Crippen LogP contribution is -2.36. The van der Waals surface area contributed by atoms with Gasteiger partial charge in [0.05, 0.1) is 32.8 Å². The Balaban J connectivity index is 4.17. The lowest BCUT2D eigenvalue weighted by Gasteiger charge is -2.23. The third-order valence-electron chi connectivity index (χ3n) is 5.38. The number of Topliss-reactive ketones (excluding diaryl/α,β-unsaturated/α-hetero) is 1. The van der Waals surface area contributed by atoms with E-state index in [9.17, 15) is 19.2 Å². The summed E-state index contributed by atoms with van der Waals surface area (Å²) >= 11 is 0. The summed E-state index contributed by atoms with van der Waals surface area (Å²) < 4.78 is 10.7. The molecule has 0 bridgehead atoms. The number of carbonyl (C=O) groups excluding carboxylic acids is 4. The van der Waals surface area contributed by atoms with E-state index >= 15 is 0 Å². The number of ketones is 1. The molecule has 0 aromatic carbocycles. The lowest BCUT2D eigenvalue weighted by atomic mass is 9.87. The molecule has 0 heterocycles. The van der Waals surface area contributed by atoms with Gasteiger partial charge in [0, 0.05) is 6.42 Å². The number of nitrogens with zero attached hydrogens (tertiary/aromatic N) is 1. The quantitative estimate of drug-likeness (QED) is 0.188. The summed E-state index contributed by atoms with van der Waals surface area (Å²) in [5.41, 5.74) is 0. The van der Waals surface area contributed by atoms with Crippen molar-refractivity contribution in [2.75, 3.05) is 32.8 Å². The molecule has 174 valence electrons. The lowest BCUT2D eigenvalue weighted by molar-refractivity contribution is -0.147. The second-order valence-electron chi connectivity index (χ2n) is 8.29. The average molecular weight is 428 g/mol. The summed E-state index contributed by atoms with van der Waals surface area (Å²) in [5.74, 6) is 0.466. The maximum atomic E-state index is 12.0. The predicted octanol–water partition coefficient (Wildman–Crippen LogP) is 3.43. The Hall–Kier alpha value is -1.76. The van der Waals surface area contributed by atoms with Crippen LogP contribution < -0.4 is 0 Å². The summed E-state index contributed by atoms with van der Waals surface area (Å²) in [5, 5.41) is 0. The van der Waals surface area contributed by atoms with Gasteiger partial charge in [0.15, 0.2) is 0 Å². The monoisotopic (exact) mass is 427 g/mol. The molecule has 7 nitrogen and oxygen atoms in total. The number of unbranched alkanes of at least 4 members (excludes halogenated alkanes) is 1. The van der Waals surface area contributed by atoms with Gasteiger partial charge < -0.3 is 14.3 Å². The second kappa shape index (κ2) is 17.0. The molecule has 3 unspecified atom stereocenters. The smallest absolute Gasteiger partial charge is 0.320 e. The molecule has 3 atom stereocenters. The van der Waals surface area contributed by atoms with Crippen molar-refractivity contribution in [1.29, 1.82) is 0 Å². The van der Waals surface area contributed by atoms with E-state index in [0.717, 1.165) is 32.1 Å². The van der Waals surface area contributed by atoms with Crippen LogP contribution in [0.5, 0.6) is 0 Å². The van der Waals surface area contributed by atoms with Crippen molar-refractivity contribution in [1.82, 2.24) is 4.90 Å². The first kappa shape index (κ1) is 28.2. The van der Waals surface area contributed by atoms with Gasteiger partial charge in [0.25, 0.3) is 0 Å². The molecular weight excluding hydrogens is 386 g/mol. The molecule has 0 spiro atoms. The largest absolute Gasteiger partial charge is 0.465 e. The Bertz CT molecular complexity index is 522. The number of hydrogen-bond acceptors (Lipinski definition) is 7. The normalized spacial score (nSPS) is 14.1. The highest BCUT2D eigenvalue weighted by Gasteiger charge is 2.18. The Morgan fingerprint density at radius 1 is 0.933 bits per heavy atom. The molecule has 0 aromatic rings. The van der Waals surface area contributed by atoms with Crippen LogP contribution in [0.15, 0.2) is 0 Å². The molecule has 0 aliphatic carbocycles. The zero-order valence-electron chi connectivity index (χ0n) is 19.5. The van der Waals surface area contributed by atoms with E-state index in [-0.39, 0.29) is 37.3 Å². The topological polar surface area (TPSA) is 90.0 Å². The van der Waals surface area contributed by atoms with Crippen molar-refractivity contribution >= 4 is 24.0 Å². The summed E-state index contributed by atoms with van der Waals surface area (Å²) in [6.45, 7) is 10.5. The van der Waals surface area contributed by atoms with Crippen LogP contribution in [0.3, 0.4) is 0 Å². The van der Waals surface area contributed by atoms with E-state index in [2.05, 4.69) is 13.8 Å². The van der Waals surface area contributed by atoms with E-state index in [1.807, 2.05) is 6.92 Å². The molecule has 30 heavy (non-hydrogen) atoms. The maximum Gasteiger partial charge on any atom is 0.320 e. The van der Waals surface area contributed by atoms with Gasteiger partial charge in [-0.05, 0) is 37.5 Å². The highest BCUT2D eigenvalue weighted by Crippen LogP contribution is 2.23. The minimum Gasteiger partial charge on any atom is -0.465 e. The van der Waals surface area contributed by atoms with Crippen molar-refractivity contribution < 1.29 is 28.7 Å². The molecule has 0 N–H and O–H groups in total. The minimum atomic E-state index is -0.417. The van der Waals surface area contributed by atoms with Crippen LogP contribution in [-0.4, -0.2) is 61.8 Å². The molecule has 0 fully saturated rings. The van der Waals surface area contributed by atoms with E-state index in [1.54, 1.807) is 6.92 Å². The third-order valence-corrected chi connectivity index (χ3v) is 5.38. The summed E-state index contributed by atoms with van der Waals surface area (Å²) in [7, 11) is 0. The van der Waals surface area contributed by atoms with Crippen molar-refractivity contribution in [3.05, 3.63) is 0 Å². The number of esters is 2. The third kappa shape index (κ3) is 14.3. The van der Waals surface area contributed by atoms with Crippen molar-refractivity contribution in [3.63, 3.8) is 0 Å². The molecular formula is C23H41NO6. The van der Waals surface area contributed by atoms with Crippen LogP contribution in [0.1, 0.15) is 73.1 Å². The fourth-order valence-corrected chi connectivity index (χ4v) is 3.22. The van der Waals surface area contributed by atoms with Gasteiger partial charge in [-0.25, -0.2) is 0 Å². The first-order chi connectivity index (χ1) is 14.2. The number of hydrogen-bond donors (Lipinski definition) is 0. The van der Waals surface area contributed by atoms with Gasteiger partial charge in [-0.15, -0.1) is 0 Å². The van der Waals surface area contributed by atoms with Gasteiger partial charge in [0.1, 0.15) is 12.1 Å². The van der Waals surface area contributed by atoms with Gasteiger partial charge in [-0.1, -0.05) is 47.0 Å². The summed E-state index contributed by atoms with van der Waals surface area (Å²) in [6.07, 6.45) is 6.17. The number of ether oxygens (including phenoxy) is 2. The summed E-state index contributed by atoms with van der Waals surface area (Å²) in [6, 6.07) is 0. The maximum absolute atomic E-state index is 12.0. The average Bonchev–Trinajstić information content (AvgIpc) is 2.70. The molecule has 7 heteroatoms. The van der Waals surface area contributed by atoms with E-state index < -0.39 is 5.97 Å². The van der Waals surface area contributed by atoms with Gasteiger partial charge >= 0.3 is 11.9 Å². The van der Waals surface area contributed by atoms with Crippen LogP contribution in [0, 0.1) is 17.8 Å². The molecule has 0 amide bonds. The predicted molar refractivity (Wildman–Crippen MR) is 116 cm³/mol. The Kier molecular flexibility index (Phi) is 16.0. The van der Waals surface area contributed by atoms with Crippen LogP contribution in [0.4, 0.5) is 0 Å². The number of aldehydes is 1. The molecule has 0 radical (unpaired) electrons. The highest BCUT2D eigenvalue weighted by atomic mass is 16.5. The highest BCUT2D eigenvalue weighted by molar-refractivity contribution is 5.79. The van der Waals surface area contributed by atoms with Crippen LogP contribution >= 0.6 is 0 Å². The first-order valence-electron chi connectivity index (χ1n) is 11.2. The fraction of sp³-hybridized carbons (Fsp3) is 0.826. The Morgan fingerprint density at radius 2 is 1.57 bits per heavy atom. The fourth-order valence-electron chi connectivity index (χ4n) is 3.22. The van der Waals surface area contributed by atoms with E-state index in [0.29, 0.717) is 37.8 Å². The van der Waals surface area contributed by atoms with E-state index in [4.69, 9.17) is 9.47 Å². The van der Waals surface area contributed by atoms with Crippen LogP contribution in [-0.2, 0) is 28.7 Å².